The fraction of sp³-hybridized carbons (Fsp3) is 0.444. The number of rotatable bonds is 5. The van der Waals surface area contributed by atoms with Crippen molar-refractivity contribution in [2.24, 2.45) is 0 Å². The van der Waals surface area contributed by atoms with Crippen LogP contribution < -0.4 is 9.47 Å². The molecule has 146 valence electrons. The maximum absolute atomic E-state index is 12.8. The van der Waals surface area contributed by atoms with Crippen LogP contribution in [0.1, 0.15) is 35.9 Å². The highest BCUT2D eigenvalue weighted by Gasteiger charge is 2.41. The molecule has 1 saturated heterocycles. The summed E-state index contributed by atoms with van der Waals surface area (Å²) in [4.78, 5) is 14.5. The van der Waals surface area contributed by atoms with Crippen LogP contribution in [0.3, 0.4) is 0 Å². The van der Waals surface area contributed by atoms with E-state index in [2.05, 4.69) is 9.89 Å². The van der Waals surface area contributed by atoms with E-state index < -0.39 is 11.9 Å². The molecule has 1 aliphatic heterocycles. The highest BCUT2D eigenvalue weighted by atomic mass is 19.4. The highest BCUT2D eigenvalue weighted by Crippen LogP contribution is 2.34. The van der Waals surface area contributed by atoms with Gasteiger partial charge in [-0.05, 0) is 49.0 Å². The van der Waals surface area contributed by atoms with Crippen molar-refractivity contribution in [1.29, 1.82) is 0 Å². The standard InChI is InChI=1S/C18H19F3N2O4/c1-17(11-12-4-6-13(7-5-12)26-18(19,20)21)8-3-9-23(17)16(24)14-10-15(25-2)22-27-14/h4-7,10H,3,8-9,11H2,1-2H3. The summed E-state index contributed by atoms with van der Waals surface area (Å²) in [6, 6.07) is 7.13. The number of halogens is 3. The summed E-state index contributed by atoms with van der Waals surface area (Å²) >= 11 is 0. The lowest BCUT2D eigenvalue weighted by molar-refractivity contribution is -0.274. The van der Waals surface area contributed by atoms with Crippen molar-refractivity contribution in [3.8, 4) is 11.6 Å². The van der Waals surface area contributed by atoms with Gasteiger partial charge in [-0.2, -0.15) is 0 Å². The summed E-state index contributed by atoms with van der Waals surface area (Å²) in [5, 5.41) is 3.65. The van der Waals surface area contributed by atoms with Gasteiger partial charge >= 0.3 is 6.36 Å². The predicted octanol–water partition coefficient (Wildman–Crippen LogP) is 3.82. The van der Waals surface area contributed by atoms with Gasteiger partial charge in [-0.15, -0.1) is 13.2 Å². The molecule has 1 amide bonds. The van der Waals surface area contributed by atoms with Crippen molar-refractivity contribution in [3.05, 3.63) is 41.7 Å². The quantitative estimate of drug-likeness (QED) is 0.784. The Bertz CT molecular complexity index is 804. The van der Waals surface area contributed by atoms with Crippen LogP contribution in [0.4, 0.5) is 13.2 Å². The average molecular weight is 384 g/mol. The van der Waals surface area contributed by atoms with E-state index in [0.29, 0.717) is 13.0 Å². The van der Waals surface area contributed by atoms with Crippen molar-refractivity contribution in [2.45, 2.75) is 38.1 Å². The molecule has 1 unspecified atom stereocenters. The zero-order valence-electron chi connectivity index (χ0n) is 14.9. The number of nitrogens with zero attached hydrogens (tertiary/aromatic N) is 2. The van der Waals surface area contributed by atoms with E-state index in [1.54, 1.807) is 17.0 Å². The van der Waals surface area contributed by atoms with E-state index in [0.717, 1.165) is 18.4 Å². The first kappa shape index (κ1) is 19.1. The van der Waals surface area contributed by atoms with Crippen molar-refractivity contribution in [2.75, 3.05) is 13.7 Å². The van der Waals surface area contributed by atoms with Gasteiger partial charge in [0.15, 0.2) is 0 Å². The minimum absolute atomic E-state index is 0.0916. The van der Waals surface area contributed by atoms with Gasteiger partial charge in [0.2, 0.25) is 5.76 Å². The molecule has 27 heavy (non-hydrogen) atoms. The lowest BCUT2D eigenvalue weighted by atomic mass is 9.90. The minimum atomic E-state index is -4.72. The fourth-order valence-electron chi connectivity index (χ4n) is 3.39. The van der Waals surface area contributed by atoms with Gasteiger partial charge in [0.05, 0.1) is 13.2 Å². The predicted molar refractivity (Wildman–Crippen MR) is 88.6 cm³/mol. The Hall–Kier alpha value is -2.71. The minimum Gasteiger partial charge on any atom is -0.479 e. The van der Waals surface area contributed by atoms with Gasteiger partial charge < -0.3 is 18.9 Å². The Kier molecular flexibility index (Phi) is 5.03. The van der Waals surface area contributed by atoms with E-state index in [-0.39, 0.29) is 23.3 Å². The van der Waals surface area contributed by atoms with Crippen LogP contribution in [0.15, 0.2) is 34.9 Å². The molecule has 0 saturated carbocycles. The van der Waals surface area contributed by atoms with Gasteiger partial charge in [-0.25, -0.2) is 0 Å². The molecule has 0 radical (unpaired) electrons. The van der Waals surface area contributed by atoms with Crippen LogP contribution in [0.2, 0.25) is 0 Å². The molecule has 1 aliphatic rings. The second-order valence-electron chi connectivity index (χ2n) is 6.66. The number of hydrogen-bond acceptors (Lipinski definition) is 5. The van der Waals surface area contributed by atoms with Crippen LogP contribution in [0, 0.1) is 0 Å². The second kappa shape index (κ2) is 7.13. The molecule has 9 heteroatoms. The molecule has 0 spiro atoms. The number of alkyl halides is 3. The van der Waals surface area contributed by atoms with Gasteiger partial charge in [-0.3, -0.25) is 4.79 Å². The Morgan fingerprint density at radius 1 is 1.33 bits per heavy atom. The van der Waals surface area contributed by atoms with Gasteiger partial charge in [-0.1, -0.05) is 12.1 Å². The molecule has 1 aromatic carbocycles. The monoisotopic (exact) mass is 384 g/mol. The number of carbonyl (C=O) groups excluding carboxylic acids is 1. The Morgan fingerprint density at radius 2 is 2.04 bits per heavy atom. The number of amides is 1. The third-order valence-electron chi connectivity index (χ3n) is 4.64. The summed E-state index contributed by atoms with van der Waals surface area (Å²) in [7, 11) is 1.43. The van der Waals surface area contributed by atoms with E-state index >= 15 is 0 Å². The molecule has 6 nitrogen and oxygen atoms in total. The molecule has 2 aromatic rings. The van der Waals surface area contributed by atoms with Crippen LogP contribution in [0.5, 0.6) is 11.6 Å². The van der Waals surface area contributed by atoms with E-state index in [4.69, 9.17) is 9.26 Å². The molecule has 1 aromatic heterocycles. The maximum Gasteiger partial charge on any atom is 0.573 e. The molecule has 0 bridgehead atoms. The van der Waals surface area contributed by atoms with Crippen LogP contribution in [0.25, 0.3) is 0 Å². The number of aromatic nitrogens is 1. The maximum atomic E-state index is 12.8. The van der Waals surface area contributed by atoms with Crippen molar-refractivity contribution < 1.29 is 32.0 Å². The molecular weight excluding hydrogens is 365 g/mol. The molecule has 1 fully saturated rings. The molecular formula is C18H19F3N2O4. The van der Waals surface area contributed by atoms with E-state index in [9.17, 15) is 18.0 Å². The molecule has 0 N–H and O–H groups in total. The number of ether oxygens (including phenoxy) is 2. The van der Waals surface area contributed by atoms with Gasteiger partial charge in [0.1, 0.15) is 5.75 Å². The molecule has 2 heterocycles. The van der Waals surface area contributed by atoms with Crippen LogP contribution in [-0.4, -0.2) is 41.5 Å². The first-order valence-electron chi connectivity index (χ1n) is 8.37. The van der Waals surface area contributed by atoms with E-state index in [1.807, 2.05) is 6.92 Å². The Labute approximate surface area is 153 Å². The summed E-state index contributed by atoms with van der Waals surface area (Å²) in [6.45, 7) is 2.51. The molecule has 1 atom stereocenters. The third-order valence-corrected chi connectivity index (χ3v) is 4.64. The summed E-state index contributed by atoms with van der Waals surface area (Å²) < 4.78 is 50.7. The SMILES string of the molecule is COc1cc(C(=O)N2CCCC2(C)Cc2ccc(OC(F)(F)F)cc2)on1. The Balaban J connectivity index is 1.73. The largest absolute Gasteiger partial charge is 0.573 e. The second-order valence-corrected chi connectivity index (χ2v) is 6.66. The van der Waals surface area contributed by atoms with Crippen molar-refractivity contribution >= 4 is 5.91 Å². The van der Waals surface area contributed by atoms with Crippen molar-refractivity contribution in [3.63, 3.8) is 0 Å². The van der Waals surface area contributed by atoms with Gasteiger partial charge in [0.25, 0.3) is 11.8 Å². The van der Waals surface area contributed by atoms with Crippen molar-refractivity contribution in [1.82, 2.24) is 10.1 Å². The number of methoxy groups -OCH3 is 1. The smallest absolute Gasteiger partial charge is 0.479 e. The molecule has 0 aliphatic carbocycles. The lowest BCUT2D eigenvalue weighted by Gasteiger charge is -2.35. The first-order valence-corrected chi connectivity index (χ1v) is 8.37. The first-order chi connectivity index (χ1) is 12.7. The number of carbonyl (C=O) groups is 1. The highest BCUT2D eigenvalue weighted by molar-refractivity contribution is 5.92. The number of benzene rings is 1. The molecule has 3 rings (SSSR count). The van der Waals surface area contributed by atoms with E-state index in [1.165, 1.54) is 25.3 Å². The Morgan fingerprint density at radius 3 is 2.63 bits per heavy atom. The number of likely N-dealkylation sites (tertiary alicyclic amines) is 1. The third kappa shape index (κ3) is 4.35. The fourth-order valence-corrected chi connectivity index (χ4v) is 3.39. The summed E-state index contributed by atoms with van der Waals surface area (Å²) in [5.41, 5.74) is 0.325. The van der Waals surface area contributed by atoms with Crippen LogP contribution in [-0.2, 0) is 6.42 Å². The zero-order chi connectivity index (χ0) is 19.7. The summed E-state index contributed by atoms with van der Waals surface area (Å²) in [6.07, 6.45) is -2.63. The topological polar surface area (TPSA) is 64.8 Å². The number of hydrogen-bond donors (Lipinski definition) is 0. The normalized spacial score (nSPS) is 20.0. The van der Waals surface area contributed by atoms with Crippen LogP contribution >= 0.6 is 0 Å². The average Bonchev–Trinajstić information content (AvgIpc) is 3.21. The zero-order valence-corrected chi connectivity index (χ0v) is 14.9. The lowest BCUT2D eigenvalue weighted by Crippen LogP contribution is -2.46. The van der Waals surface area contributed by atoms with Gasteiger partial charge in [0, 0.05) is 12.1 Å². The summed E-state index contributed by atoms with van der Waals surface area (Å²) in [5.74, 6) is -0.249.